The summed E-state index contributed by atoms with van der Waals surface area (Å²) in [5.41, 5.74) is 0. The highest BCUT2D eigenvalue weighted by molar-refractivity contribution is 5.77. The lowest BCUT2D eigenvalue weighted by atomic mass is 10.3. The molecule has 15 heavy (non-hydrogen) atoms. The smallest absolute Gasteiger partial charge is 0.410 e. The Kier molecular flexibility index (Phi) is 4.69. The van der Waals surface area contributed by atoms with Gasteiger partial charge in [-0.25, -0.2) is 9.59 Å². The van der Waals surface area contributed by atoms with Gasteiger partial charge in [0.15, 0.2) is 0 Å². The van der Waals surface area contributed by atoms with Crippen LogP contribution in [0.25, 0.3) is 0 Å². The lowest BCUT2D eigenvalue weighted by Gasteiger charge is -2.20. The molecule has 0 radical (unpaired) electrons. The second-order valence-corrected chi connectivity index (χ2v) is 2.73. The number of amides is 1. The molecule has 0 aromatic carbocycles. The third kappa shape index (κ3) is 4.39. The van der Waals surface area contributed by atoms with Gasteiger partial charge in [0.05, 0.1) is 6.54 Å². The van der Waals surface area contributed by atoms with Gasteiger partial charge in [0.25, 0.3) is 0 Å². The molecule has 86 valence electrons. The van der Waals surface area contributed by atoms with Crippen molar-refractivity contribution in [3.8, 4) is 0 Å². The number of rotatable bonds is 5. The molecule has 0 saturated carbocycles. The topological polar surface area (TPSA) is 66.8 Å². The number of nitrogens with zero attached hydrogens (tertiary/aromatic N) is 1. The van der Waals surface area contributed by atoms with Crippen molar-refractivity contribution >= 4 is 12.1 Å². The Morgan fingerprint density at radius 2 is 2.13 bits per heavy atom. The third-order valence-electron chi connectivity index (χ3n) is 1.38. The van der Waals surface area contributed by atoms with Crippen molar-refractivity contribution in [1.82, 2.24) is 4.90 Å². The molecule has 0 aliphatic rings. The monoisotopic (exact) mass is 223 g/mol. The van der Waals surface area contributed by atoms with Gasteiger partial charge in [-0.3, -0.25) is 0 Å². The fourth-order valence-corrected chi connectivity index (χ4v) is 0.670. The predicted octanol–water partition coefficient (Wildman–Crippen LogP) is 0.961. The van der Waals surface area contributed by atoms with Gasteiger partial charge in [-0.1, -0.05) is 12.7 Å². The van der Waals surface area contributed by atoms with Crippen LogP contribution in [0, 0.1) is 0 Å². The molecule has 0 aromatic rings. The van der Waals surface area contributed by atoms with Gasteiger partial charge < -0.3 is 14.7 Å². The van der Waals surface area contributed by atoms with Crippen LogP contribution in [0.2, 0.25) is 0 Å². The molecule has 7 heteroatoms. The van der Waals surface area contributed by atoms with Crippen molar-refractivity contribution < 1.29 is 28.2 Å². The zero-order chi connectivity index (χ0) is 12.1. The zero-order valence-electron chi connectivity index (χ0n) is 8.07. The number of aliphatic carboxylic acids is 1. The Labute approximate surface area is 84.9 Å². The largest absolute Gasteiger partial charge is 0.477 e. The van der Waals surface area contributed by atoms with Crippen LogP contribution in [0.15, 0.2) is 12.7 Å². The van der Waals surface area contributed by atoms with E-state index in [0.29, 0.717) is 4.90 Å². The Morgan fingerprint density at radius 1 is 1.60 bits per heavy atom. The van der Waals surface area contributed by atoms with Gasteiger partial charge in [0.1, 0.15) is 6.61 Å². The van der Waals surface area contributed by atoms with E-state index in [-0.39, 0.29) is 6.61 Å². The number of hydrogen-bond donors (Lipinski definition) is 1. The molecule has 0 unspecified atom stereocenters. The Morgan fingerprint density at radius 3 is 2.53 bits per heavy atom. The first-order valence-electron chi connectivity index (χ1n) is 3.91. The minimum absolute atomic E-state index is 0.123. The molecule has 0 heterocycles. The minimum Gasteiger partial charge on any atom is -0.477 e. The fourth-order valence-electron chi connectivity index (χ4n) is 0.670. The van der Waals surface area contributed by atoms with Gasteiger partial charge in [-0.05, 0) is 0 Å². The Hall–Kier alpha value is -1.66. The summed E-state index contributed by atoms with van der Waals surface area (Å²) in [6.07, 6.45) is 0.233. The van der Waals surface area contributed by atoms with Crippen LogP contribution in [-0.4, -0.2) is 48.2 Å². The lowest BCUT2D eigenvalue weighted by Crippen LogP contribution is -2.43. The number of alkyl halides is 2. The molecule has 0 aliphatic carbocycles. The number of carboxylic acids is 1. The molecular weight excluding hydrogens is 212 g/mol. The van der Waals surface area contributed by atoms with Crippen LogP contribution in [0.3, 0.4) is 0 Å². The average Bonchev–Trinajstić information content (AvgIpc) is 2.13. The normalized spacial score (nSPS) is 10.6. The summed E-state index contributed by atoms with van der Waals surface area (Å²) in [6.45, 7) is 1.90. The summed E-state index contributed by atoms with van der Waals surface area (Å²) in [4.78, 5) is 21.5. The van der Waals surface area contributed by atoms with E-state index in [0.717, 1.165) is 7.05 Å². The predicted molar refractivity (Wildman–Crippen MR) is 46.8 cm³/mol. The highest BCUT2D eigenvalue weighted by Gasteiger charge is 2.41. The average molecular weight is 223 g/mol. The van der Waals surface area contributed by atoms with Gasteiger partial charge >= 0.3 is 18.0 Å². The van der Waals surface area contributed by atoms with Crippen LogP contribution in [-0.2, 0) is 9.53 Å². The number of halogens is 2. The number of ether oxygens (including phenoxy) is 1. The van der Waals surface area contributed by atoms with Crippen molar-refractivity contribution in [2.45, 2.75) is 5.92 Å². The molecular formula is C8H11F2NO4. The minimum atomic E-state index is -3.98. The Balaban J connectivity index is 4.23. The van der Waals surface area contributed by atoms with Crippen molar-refractivity contribution in [1.29, 1.82) is 0 Å². The molecule has 5 nitrogen and oxygen atoms in total. The highest BCUT2D eigenvalue weighted by atomic mass is 19.3. The van der Waals surface area contributed by atoms with Crippen LogP contribution < -0.4 is 0 Å². The lowest BCUT2D eigenvalue weighted by molar-refractivity contribution is -0.166. The summed E-state index contributed by atoms with van der Waals surface area (Å²) in [7, 11) is 1.02. The Bertz CT molecular complexity index is 267. The second-order valence-electron chi connectivity index (χ2n) is 2.73. The molecule has 0 bridgehead atoms. The molecule has 0 spiro atoms. The first-order chi connectivity index (χ1) is 6.81. The molecule has 1 N–H and O–H groups in total. The quantitative estimate of drug-likeness (QED) is 0.705. The standard InChI is InChI=1S/C8H11F2NO4/c1-3-4-15-7(14)11(2)5-8(9,10)6(12)13/h3H,1,4-5H2,2H3,(H,12,13). The van der Waals surface area contributed by atoms with Crippen molar-refractivity contribution in [2.24, 2.45) is 0 Å². The molecule has 0 saturated heterocycles. The van der Waals surface area contributed by atoms with E-state index in [1.807, 2.05) is 0 Å². The second kappa shape index (κ2) is 5.28. The van der Waals surface area contributed by atoms with Crippen molar-refractivity contribution in [3.05, 3.63) is 12.7 Å². The number of carboxylic acid groups (broad SMARTS) is 1. The zero-order valence-corrected chi connectivity index (χ0v) is 8.07. The van der Waals surface area contributed by atoms with Gasteiger partial charge in [0.2, 0.25) is 0 Å². The molecule has 0 aliphatic heterocycles. The fraction of sp³-hybridized carbons (Fsp3) is 0.500. The maximum atomic E-state index is 12.6. The molecule has 0 fully saturated rings. The number of carbonyl (C=O) groups excluding carboxylic acids is 1. The van der Waals surface area contributed by atoms with Crippen molar-refractivity contribution in [2.75, 3.05) is 20.2 Å². The van der Waals surface area contributed by atoms with Crippen molar-refractivity contribution in [3.63, 3.8) is 0 Å². The van der Waals surface area contributed by atoms with Gasteiger partial charge in [-0.15, -0.1) is 0 Å². The summed E-state index contributed by atoms with van der Waals surface area (Å²) in [6, 6.07) is 0. The van der Waals surface area contributed by atoms with E-state index in [9.17, 15) is 18.4 Å². The van der Waals surface area contributed by atoms with E-state index in [1.165, 1.54) is 6.08 Å². The maximum absolute atomic E-state index is 12.6. The summed E-state index contributed by atoms with van der Waals surface area (Å²) in [5, 5.41) is 8.10. The van der Waals surface area contributed by atoms with E-state index < -0.39 is 24.5 Å². The van der Waals surface area contributed by atoms with Crippen LogP contribution in [0.1, 0.15) is 0 Å². The third-order valence-corrected chi connectivity index (χ3v) is 1.38. The summed E-state index contributed by atoms with van der Waals surface area (Å²) in [5.74, 6) is -6.27. The summed E-state index contributed by atoms with van der Waals surface area (Å²) < 4.78 is 29.6. The molecule has 0 atom stereocenters. The van der Waals surface area contributed by atoms with E-state index >= 15 is 0 Å². The molecule has 0 rings (SSSR count). The first-order valence-corrected chi connectivity index (χ1v) is 3.91. The van der Waals surface area contributed by atoms with E-state index in [1.54, 1.807) is 0 Å². The van der Waals surface area contributed by atoms with Crippen LogP contribution >= 0.6 is 0 Å². The SMILES string of the molecule is C=CCOC(=O)N(C)CC(F)(F)C(=O)O. The maximum Gasteiger partial charge on any atom is 0.410 e. The molecule has 1 amide bonds. The number of hydrogen-bond acceptors (Lipinski definition) is 3. The summed E-state index contributed by atoms with van der Waals surface area (Å²) >= 11 is 0. The highest BCUT2D eigenvalue weighted by Crippen LogP contribution is 2.15. The van der Waals surface area contributed by atoms with E-state index in [2.05, 4.69) is 11.3 Å². The van der Waals surface area contributed by atoms with E-state index in [4.69, 9.17) is 5.11 Å². The van der Waals surface area contributed by atoms with Gasteiger partial charge in [-0.2, -0.15) is 8.78 Å². The number of carbonyl (C=O) groups is 2. The molecule has 0 aromatic heterocycles. The van der Waals surface area contributed by atoms with Crippen LogP contribution in [0.4, 0.5) is 13.6 Å². The van der Waals surface area contributed by atoms with Crippen LogP contribution in [0.5, 0.6) is 0 Å². The first kappa shape index (κ1) is 13.3. The van der Waals surface area contributed by atoms with Gasteiger partial charge in [0, 0.05) is 7.05 Å².